The molecule has 2 aromatic heterocycles. The molecule has 0 saturated heterocycles. The number of fused-ring (bicyclic) bond motifs is 1. The maximum Gasteiger partial charge on any atom is 0.325 e. The Morgan fingerprint density at radius 3 is 3.12 bits per heavy atom. The first-order valence-corrected chi connectivity index (χ1v) is 5.25. The smallest absolute Gasteiger partial charge is 0.325 e. The van der Waals surface area contributed by atoms with E-state index in [-0.39, 0.29) is 12.5 Å². The van der Waals surface area contributed by atoms with Gasteiger partial charge in [0.25, 0.3) is 0 Å². The van der Waals surface area contributed by atoms with E-state index in [9.17, 15) is 4.79 Å². The van der Waals surface area contributed by atoms with Crippen molar-refractivity contribution >= 4 is 39.0 Å². The standard InChI is InChI=1S/C9H9BrN4O2/c1-16-7(15)4-14-8-6(13-9(14)11)2-5(10)3-12-8/h2-3H,4H2,1H3,(H2,11,13). The molecule has 2 rings (SSSR count). The van der Waals surface area contributed by atoms with Crippen LogP contribution in [0.3, 0.4) is 0 Å². The molecule has 0 unspecified atom stereocenters. The van der Waals surface area contributed by atoms with Gasteiger partial charge in [0.05, 0.1) is 7.11 Å². The largest absolute Gasteiger partial charge is 0.468 e. The van der Waals surface area contributed by atoms with Gasteiger partial charge in [-0.05, 0) is 22.0 Å². The van der Waals surface area contributed by atoms with Crippen LogP contribution in [0.25, 0.3) is 11.2 Å². The first-order chi connectivity index (χ1) is 7.61. The van der Waals surface area contributed by atoms with E-state index in [4.69, 9.17) is 5.73 Å². The van der Waals surface area contributed by atoms with Gasteiger partial charge >= 0.3 is 5.97 Å². The zero-order valence-corrected chi connectivity index (χ0v) is 10.1. The third-order valence-electron chi connectivity index (χ3n) is 2.10. The fraction of sp³-hybridized carbons (Fsp3) is 0.222. The van der Waals surface area contributed by atoms with Gasteiger partial charge in [-0.2, -0.15) is 0 Å². The van der Waals surface area contributed by atoms with Crippen molar-refractivity contribution in [2.75, 3.05) is 12.8 Å². The summed E-state index contributed by atoms with van der Waals surface area (Å²) < 4.78 is 6.89. The molecule has 0 fully saturated rings. The van der Waals surface area contributed by atoms with Crippen LogP contribution in [0.5, 0.6) is 0 Å². The van der Waals surface area contributed by atoms with Crippen LogP contribution in [0.1, 0.15) is 0 Å². The van der Waals surface area contributed by atoms with Gasteiger partial charge in [0, 0.05) is 10.7 Å². The quantitative estimate of drug-likeness (QED) is 0.830. The van der Waals surface area contributed by atoms with Gasteiger partial charge in [-0.15, -0.1) is 0 Å². The summed E-state index contributed by atoms with van der Waals surface area (Å²) >= 11 is 3.29. The molecule has 0 amide bonds. The molecular weight excluding hydrogens is 276 g/mol. The summed E-state index contributed by atoms with van der Waals surface area (Å²) in [4.78, 5) is 19.4. The Morgan fingerprint density at radius 2 is 2.44 bits per heavy atom. The van der Waals surface area contributed by atoms with E-state index >= 15 is 0 Å². The molecule has 2 heterocycles. The summed E-state index contributed by atoms with van der Waals surface area (Å²) in [6.45, 7) is 0.00741. The number of methoxy groups -OCH3 is 1. The summed E-state index contributed by atoms with van der Waals surface area (Å²) in [5.41, 5.74) is 6.89. The summed E-state index contributed by atoms with van der Waals surface area (Å²) in [5.74, 6) is -0.151. The molecule has 0 saturated carbocycles. The number of halogens is 1. The van der Waals surface area contributed by atoms with Crippen LogP contribution in [0.2, 0.25) is 0 Å². The van der Waals surface area contributed by atoms with Crippen LogP contribution in [-0.4, -0.2) is 27.6 Å². The molecule has 0 aliphatic heterocycles. The number of ether oxygens (including phenoxy) is 1. The minimum absolute atomic E-state index is 0.00741. The van der Waals surface area contributed by atoms with Crippen molar-refractivity contribution in [3.8, 4) is 0 Å². The highest BCUT2D eigenvalue weighted by Crippen LogP contribution is 2.19. The number of carbonyl (C=O) groups is 1. The van der Waals surface area contributed by atoms with Crippen molar-refractivity contribution in [2.45, 2.75) is 6.54 Å². The van der Waals surface area contributed by atoms with Gasteiger partial charge in [-0.1, -0.05) is 0 Å². The number of hydrogen-bond donors (Lipinski definition) is 1. The van der Waals surface area contributed by atoms with Gasteiger partial charge in [0.1, 0.15) is 12.1 Å². The Labute approximate surface area is 99.5 Å². The van der Waals surface area contributed by atoms with Crippen molar-refractivity contribution in [2.24, 2.45) is 0 Å². The predicted octanol–water partition coefficient (Wildman–Crippen LogP) is 0.949. The Morgan fingerprint density at radius 1 is 1.69 bits per heavy atom. The fourth-order valence-corrected chi connectivity index (χ4v) is 1.67. The monoisotopic (exact) mass is 284 g/mol. The van der Waals surface area contributed by atoms with E-state index in [0.717, 1.165) is 4.47 Å². The summed E-state index contributed by atoms with van der Waals surface area (Å²) in [6, 6.07) is 1.78. The lowest BCUT2D eigenvalue weighted by molar-refractivity contribution is -0.141. The number of rotatable bonds is 2. The lowest BCUT2D eigenvalue weighted by atomic mass is 10.4. The second-order valence-corrected chi connectivity index (χ2v) is 4.04. The highest BCUT2D eigenvalue weighted by atomic mass is 79.9. The molecule has 6 nitrogen and oxygen atoms in total. The fourth-order valence-electron chi connectivity index (χ4n) is 1.35. The number of imidazole rings is 1. The SMILES string of the molecule is COC(=O)Cn1c(N)nc2cc(Br)cnc21. The van der Waals surface area contributed by atoms with E-state index in [1.165, 1.54) is 11.7 Å². The highest BCUT2D eigenvalue weighted by Gasteiger charge is 2.12. The number of nitrogens with zero attached hydrogens (tertiary/aromatic N) is 3. The third-order valence-corrected chi connectivity index (χ3v) is 2.53. The van der Waals surface area contributed by atoms with Crippen molar-refractivity contribution in [1.29, 1.82) is 0 Å². The number of nitrogens with two attached hydrogens (primary N) is 1. The molecule has 0 aromatic carbocycles. The normalized spacial score (nSPS) is 10.6. The first-order valence-electron chi connectivity index (χ1n) is 4.46. The topological polar surface area (TPSA) is 83.0 Å². The third kappa shape index (κ3) is 1.85. The predicted molar refractivity (Wildman–Crippen MR) is 61.7 cm³/mol. The lowest BCUT2D eigenvalue weighted by Gasteiger charge is -2.03. The maximum atomic E-state index is 11.2. The minimum Gasteiger partial charge on any atom is -0.468 e. The summed E-state index contributed by atoms with van der Waals surface area (Å²) in [7, 11) is 1.32. The molecule has 2 N–H and O–H groups in total. The second-order valence-electron chi connectivity index (χ2n) is 3.13. The minimum atomic E-state index is -0.393. The van der Waals surface area contributed by atoms with Crippen LogP contribution in [0.15, 0.2) is 16.7 Å². The molecule has 84 valence electrons. The number of esters is 1. The lowest BCUT2D eigenvalue weighted by Crippen LogP contribution is -2.13. The summed E-state index contributed by atoms with van der Waals surface area (Å²) in [6.07, 6.45) is 1.62. The van der Waals surface area contributed by atoms with Crippen LogP contribution >= 0.6 is 15.9 Å². The van der Waals surface area contributed by atoms with Gasteiger partial charge in [0.2, 0.25) is 5.95 Å². The van der Waals surface area contributed by atoms with Crippen LogP contribution < -0.4 is 5.73 Å². The van der Waals surface area contributed by atoms with Gasteiger partial charge in [-0.25, -0.2) is 9.97 Å². The average Bonchev–Trinajstić information content (AvgIpc) is 2.54. The Kier molecular flexibility index (Phi) is 2.78. The van der Waals surface area contributed by atoms with E-state index < -0.39 is 5.97 Å². The Balaban J connectivity index is 2.52. The van der Waals surface area contributed by atoms with Crippen LogP contribution in [0, 0.1) is 0 Å². The van der Waals surface area contributed by atoms with E-state index in [2.05, 4.69) is 30.6 Å². The average molecular weight is 285 g/mol. The number of aromatic nitrogens is 3. The second kappa shape index (κ2) is 4.09. The van der Waals surface area contributed by atoms with E-state index in [1.54, 1.807) is 12.3 Å². The van der Waals surface area contributed by atoms with Gasteiger partial charge in [-0.3, -0.25) is 9.36 Å². The molecule has 0 aliphatic carbocycles. The molecule has 0 bridgehead atoms. The van der Waals surface area contributed by atoms with Crippen LogP contribution in [-0.2, 0) is 16.1 Å². The summed E-state index contributed by atoms with van der Waals surface area (Å²) in [5, 5.41) is 0. The molecule has 7 heteroatoms. The first kappa shape index (κ1) is 10.9. The zero-order chi connectivity index (χ0) is 11.7. The highest BCUT2D eigenvalue weighted by molar-refractivity contribution is 9.10. The van der Waals surface area contributed by atoms with E-state index in [1.807, 2.05) is 0 Å². The van der Waals surface area contributed by atoms with Crippen molar-refractivity contribution in [1.82, 2.24) is 14.5 Å². The van der Waals surface area contributed by atoms with Crippen molar-refractivity contribution < 1.29 is 9.53 Å². The molecule has 0 atom stereocenters. The molecule has 0 radical (unpaired) electrons. The molecule has 0 spiro atoms. The van der Waals surface area contributed by atoms with Gasteiger partial charge in [0.15, 0.2) is 5.65 Å². The van der Waals surface area contributed by atoms with Crippen LogP contribution in [0.4, 0.5) is 5.95 Å². The number of nitrogen functional groups attached to an aromatic ring is 1. The molecule has 0 aliphatic rings. The van der Waals surface area contributed by atoms with Crippen molar-refractivity contribution in [3.05, 3.63) is 16.7 Å². The molecule has 2 aromatic rings. The zero-order valence-electron chi connectivity index (χ0n) is 8.48. The Hall–Kier alpha value is -1.63. The number of hydrogen-bond acceptors (Lipinski definition) is 5. The van der Waals surface area contributed by atoms with Gasteiger partial charge < -0.3 is 10.5 Å². The number of anilines is 1. The maximum absolute atomic E-state index is 11.2. The number of pyridine rings is 1. The number of carbonyl (C=O) groups excluding carboxylic acids is 1. The molecule has 16 heavy (non-hydrogen) atoms. The van der Waals surface area contributed by atoms with Crippen molar-refractivity contribution in [3.63, 3.8) is 0 Å². The Bertz CT molecular complexity index is 552. The van der Waals surface area contributed by atoms with E-state index in [0.29, 0.717) is 11.2 Å². The molecular formula is C9H9BrN4O2.